The molecule has 0 saturated carbocycles. The monoisotopic (exact) mass is 328 g/mol. The first-order chi connectivity index (χ1) is 11.6. The normalized spacial score (nSPS) is 21.3. The molecule has 4 heterocycles. The van der Waals surface area contributed by atoms with E-state index < -0.39 is 0 Å². The molecule has 0 radical (unpaired) electrons. The molecular weight excluding hydrogens is 300 g/mol. The van der Waals surface area contributed by atoms with E-state index in [0.29, 0.717) is 0 Å². The lowest BCUT2D eigenvalue weighted by atomic mass is 9.83. The number of fused-ring (bicyclic) bond motifs is 2. The topological polar surface area (TPSA) is 42.1 Å². The van der Waals surface area contributed by atoms with Crippen molar-refractivity contribution in [3.05, 3.63) is 35.7 Å². The van der Waals surface area contributed by atoms with Gasteiger partial charge in [0, 0.05) is 63.4 Å². The molecule has 130 valence electrons. The third-order valence-electron chi connectivity index (χ3n) is 5.90. The lowest BCUT2D eigenvalue weighted by Gasteiger charge is -2.50. The van der Waals surface area contributed by atoms with E-state index in [9.17, 15) is 0 Å². The second-order valence-electron chi connectivity index (χ2n) is 7.28. The molecule has 0 N–H and O–H groups in total. The molecule has 0 atom stereocenters. The summed E-state index contributed by atoms with van der Waals surface area (Å²) in [6.45, 7) is 11.0. The van der Waals surface area contributed by atoms with Crippen molar-refractivity contribution in [2.24, 2.45) is 7.05 Å². The van der Waals surface area contributed by atoms with Crippen LogP contribution < -0.4 is 0 Å². The molecule has 1 fully saturated rings. The fourth-order valence-corrected chi connectivity index (χ4v) is 4.58. The van der Waals surface area contributed by atoms with E-state index in [4.69, 9.17) is 4.98 Å². The van der Waals surface area contributed by atoms with Crippen LogP contribution in [0.15, 0.2) is 18.6 Å². The Labute approximate surface area is 144 Å². The molecule has 0 bridgehead atoms. The fraction of sp³-hybridized carbons (Fsp3) is 0.667. The van der Waals surface area contributed by atoms with Gasteiger partial charge in [-0.05, 0) is 26.3 Å². The Morgan fingerprint density at radius 2 is 1.92 bits per heavy atom. The standard InChI is InChI=1S/C18H28N6/c1-4-23-9-10-24-15(2)11-19-17(24)18(23)5-7-22(8-6-18)14-16-12-20-21(3)13-16/h11-13H,4-10,14H2,1-3H3. The summed E-state index contributed by atoms with van der Waals surface area (Å²) in [6, 6.07) is 0. The van der Waals surface area contributed by atoms with Gasteiger partial charge in [0.25, 0.3) is 0 Å². The molecule has 0 amide bonds. The lowest BCUT2D eigenvalue weighted by molar-refractivity contribution is -0.00834. The second-order valence-corrected chi connectivity index (χ2v) is 7.28. The average molecular weight is 328 g/mol. The zero-order valence-electron chi connectivity index (χ0n) is 15.1. The number of nitrogens with zero attached hydrogens (tertiary/aromatic N) is 6. The number of aryl methyl sites for hydroxylation is 2. The first kappa shape index (κ1) is 15.8. The maximum Gasteiger partial charge on any atom is 0.129 e. The van der Waals surface area contributed by atoms with Crippen molar-refractivity contribution in [1.82, 2.24) is 29.1 Å². The van der Waals surface area contributed by atoms with E-state index in [2.05, 4.69) is 45.7 Å². The van der Waals surface area contributed by atoms with Crippen molar-refractivity contribution in [2.45, 2.75) is 45.3 Å². The van der Waals surface area contributed by atoms with Crippen molar-refractivity contribution in [1.29, 1.82) is 0 Å². The van der Waals surface area contributed by atoms with Gasteiger partial charge in [0.2, 0.25) is 0 Å². The molecular formula is C18H28N6. The van der Waals surface area contributed by atoms with Gasteiger partial charge >= 0.3 is 0 Å². The van der Waals surface area contributed by atoms with Gasteiger partial charge in [-0.25, -0.2) is 4.98 Å². The smallest absolute Gasteiger partial charge is 0.129 e. The number of hydrogen-bond acceptors (Lipinski definition) is 4. The van der Waals surface area contributed by atoms with Crippen LogP contribution in [0.5, 0.6) is 0 Å². The Balaban J connectivity index is 1.53. The molecule has 6 nitrogen and oxygen atoms in total. The Morgan fingerprint density at radius 1 is 1.12 bits per heavy atom. The summed E-state index contributed by atoms with van der Waals surface area (Å²) in [5.41, 5.74) is 2.74. The van der Waals surface area contributed by atoms with Crippen molar-refractivity contribution in [3.8, 4) is 0 Å². The van der Waals surface area contributed by atoms with E-state index in [-0.39, 0.29) is 5.54 Å². The van der Waals surface area contributed by atoms with E-state index in [1.807, 2.05) is 17.9 Å². The van der Waals surface area contributed by atoms with Crippen LogP contribution in [0.2, 0.25) is 0 Å². The number of hydrogen-bond donors (Lipinski definition) is 0. The van der Waals surface area contributed by atoms with Crippen LogP contribution in [-0.2, 0) is 25.7 Å². The van der Waals surface area contributed by atoms with Gasteiger partial charge in [-0.2, -0.15) is 5.10 Å². The zero-order chi connectivity index (χ0) is 16.7. The number of likely N-dealkylation sites (tertiary alicyclic amines) is 1. The van der Waals surface area contributed by atoms with E-state index in [0.717, 1.165) is 52.1 Å². The van der Waals surface area contributed by atoms with Crippen molar-refractivity contribution < 1.29 is 0 Å². The number of rotatable bonds is 3. The number of piperidine rings is 1. The van der Waals surface area contributed by atoms with Gasteiger partial charge in [-0.15, -0.1) is 0 Å². The van der Waals surface area contributed by atoms with E-state index in [1.165, 1.54) is 17.1 Å². The van der Waals surface area contributed by atoms with Crippen LogP contribution in [0.25, 0.3) is 0 Å². The third kappa shape index (κ3) is 2.48. The average Bonchev–Trinajstić information content (AvgIpc) is 3.17. The third-order valence-corrected chi connectivity index (χ3v) is 5.90. The Kier molecular flexibility index (Phi) is 3.96. The van der Waals surface area contributed by atoms with E-state index in [1.54, 1.807) is 0 Å². The highest BCUT2D eigenvalue weighted by Gasteiger charge is 2.46. The Morgan fingerprint density at radius 3 is 2.58 bits per heavy atom. The van der Waals surface area contributed by atoms with Crippen LogP contribution in [0, 0.1) is 6.92 Å². The predicted molar refractivity (Wildman–Crippen MR) is 93.6 cm³/mol. The SMILES string of the molecule is CCN1CCn2c(C)cnc2C12CCN(Cc1cnn(C)c1)CC2. The summed E-state index contributed by atoms with van der Waals surface area (Å²) in [5, 5.41) is 4.29. The van der Waals surface area contributed by atoms with Crippen molar-refractivity contribution >= 4 is 0 Å². The van der Waals surface area contributed by atoms with Crippen LogP contribution in [0.1, 0.15) is 36.8 Å². The summed E-state index contributed by atoms with van der Waals surface area (Å²) in [6.07, 6.45) is 8.49. The molecule has 4 rings (SSSR count). The molecule has 6 heteroatoms. The number of imidazole rings is 1. The van der Waals surface area contributed by atoms with Crippen LogP contribution in [-0.4, -0.2) is 55.3 Å². The number of aromatic nitrogens is 4. The quantitative estimate of drug-likeness (QED) is 0.861. The van der Waals surface area contributed by atoms with Gasteiger partial charge in [0.15, 0.2) is 0 Å². The molecule has 2 aromatic heterocycles. The first-order valence-electron chi connectivity index (χ1n) is 9.10. The second kappa shape index (κ2) is 6.01. The highest BCUT2D eigenvalue weighted by molar-refractivity contribution is 5.18. The summed E-state index contributed by atoms with van der Waals surface area (Å²) in [7, 11) is 1.98. The van der Waals surface area contributed by atoms with Crippen molar-refractivity contribution in [3.63, 3.8) is 0 Å². The van der Waals surface area contributed by atoms with Gasteiger partial charge < -0.3 is 4.57 Å². The lowest BCUT2D eigenvalue weighted by Crippen LogP contribution is -2.57. The molecule has 1 saturated heterocycles. The molecule has 0 unspecified atom stereocenters. The highest BCUT2D eigenvalue weighted by Crippen LogP contribution is 2.41. The molecule has 2 aliphatic rings. The molecule has 0 aliphatic carbocycles. The van der Waals surface area contributed by atoms with E-state index >= 15 is 0 Å². The molecule has 0 aromatic carbocycles. The Bertz CT molecular complexity index is 707. The van der Waals surface area contributed by atoms with Crippen LogP contribution in [0.3, 0.4) is 0 Å². The predicted octanol–water partition coefficient (Wildman–Crippen LogP) is 1.75. The van der Waals surface area contributed by atoms with Gasteiger partial charge in [-0.3, -0.25) is 14.5 Å². The zero-order valence-corrected chi connectivity index (χ0v) is 15.1. The minimum absolute atomic E-state index is 0.132. The van der Waals surface area contributed by atoms with Gasteiger partial charge in [-0.1, -0.05) is 6.92 Å². The number of likely N-dealkylation sites (N-methyl/N-ethyl adjacent to an activating group) is 1. The van der Waals surface area contributed by atoms with Crippen LogP contribution in [0.4, 0.5) is 0 Å². The highest BCUT2D eigenvalue weighted by atomic mass is 15.3. The van der Waals surface area contributed by atoms with Crippen molar-refractivity contribution in [2.75, 3.05) is 26.2 Å². The van der Waals surface area contributed by atoms with Gasteiger partial charge in [0.05, 0.1) is 11.7 Å². The Hall–Kier alpha value is -1.66. The fourth-order valence-electron chi connectivity index (χ4n) is 4.58. The maximum absolute atomic E-state index is 4.83. The molecule has 1 spiro atoms. The molecule has 2 aliphatic heterocycles. The minimum Gasteiger partial charge on any atom is -0.329 e. The van der Waals surface area contributed by atoms with Gasteiger partial charge in [0.1, 0.15) is 5.82 Å². The molecule has 2 aromatic rings. The summed E-state index contributed by atoms with van der Waals surface area (Å²) < 4.78 is 4.34. The maximum atomic E-state index is 4.83. The summed E-state index contributed by atoms with van der Waals surface area (Å²) in [5.74, 6) is 1.30. The summed E-state index contributed by atoms with van der Waals surface area (Å²) in [4.78, 5) is 10.1. The largest absolute Gasteiger partial charge is 0.329 e. The first-order valence-corrected chi connectivity index (χ1v) is 9.10. The molecule has 24 heavy (non-hydrogen) atoms. The van der Waals surface area contributed by atoms with Crippen LogP contribution >= 0.6 is 0 Å². The summed E-state index contributed by atoms with van der Waals surface area (Å²) >= 11 is 0. The minimum atomic E-state index is 0.132.